The average molecular weight is 1110 g/mol. The van der Waals surface area contributed by atoms with E-state index >= 15 is 0 Å². The van der Waals surface area contributed by atoms with Gasteiger partial charge >= 0.3 is 19.8 Å². The van der Waals surface area contributed by atoms with Crippen LogP contribution in [0.2, 0.25) is 0 Å². The highest BCUT2D eigenvalue weighted by Gasteiger charge is 2.26. The summed E-state index contributed by atoms with van der Waals surface area (Å²) in [6.07, 6.45) is 93.8. The Morgan fingerprint density at radius 3 is 0.987 bits per heavy atom. The summed E-state index contributed by atoms with van der Waals surface area (Å²) in [6, 6.07) is 0. The second-order valence-corrected chi connectivity index (χ2v) is 20.6. The van der Waals surface area contributed by atoms with Crippen LogP contribution >= 0.6 is 7.82 Å². The first-order valence-electron chi connectivity index (χ1n) is 30.3. The maximum atomic E-state index is 12.7. The molecule has 9 nitrogen and oxygen atoms in total. The highest BCUT2D eigenvalue weighted by molar-refractivity contribution is 7.47. The van der Waals surface area contributed by atoms with Crippen molar-refractivity contribution in [3.05, 3.63) is 182 Å². The SMILES string of the molecule is CC/C=C\C/C=C\C/C=C\C/C=C\C/C=C\C/C=C\C/C=C\C/C=C\C/C=C\C/C=C\CCCCCCCCCCC(=O)OC(COC(=O)CCCCC/C=C\C/C=C\C/C=C\C/C=C\C/C=C\CC)COP(=O)(O)OCCN. The minimum atomic E-state index is -4.41. The van der Waals surface area contributed by atoms with E-state index in [1.807, 2.05) is 0 Å². The van der Waals surface area contributed by atoms with Gasteiger partial charge in [0.05, 0.1) is 13.2 Å². The average Bonchev–Trinajstić information content (AvgIpc) is 3.44. The van der Waals surface area contributed by atoms with Crippen molar-refractivity contribution in [3.8, 4) is 0 Å². The molecule has 0 aliphatic heterocycles. The van der Waals surface area contributed by atoms with Crippen molar-refractivity contribution in [2.75, 3.05) is 26.4 Å². The fourth-order valence-corrected chi connectivity index (χ4v) is 8.16. The van der Waals surface area contributed by atoms with Gasteiger partial charge in [0.2, 0.25) is 0 Å². The van der Waals surface area contributed by atoms with Gasteiger partial charge in [0.25, 0.3) is 0 Å². The molecule has 0 aromatic heterocycles. The smallest absolute Gasteiger partial charge is 0.462 e. The monoisotopic (exact) mass is 1110 g/mol. The molecule has 0 aliphatic rings. The first-order chi connectivity index (χ1) is 38.8. The van der Waals surface area contributed by atoms with Crippen molar-refractivity contribution in [1.82, 2.24) is 0 Å². The van der Waals surface area contributed by atoms with E-state index in [-0.39, 0.29) is 32.6 Å². The van der Waals surface area contributed by atoms with Crippen molar-refractivity contribution in [2.24, 2.45) is 5.73 Å². The number of carbonyl (C=O) groups excluding carboxylic acids is 2. The van der Waals surface area contributed by atoms with Gasteiger partial charge in [0.15, 0.2) is 6.10 Å². The van der Waals surface area contributed by atoms with Crippen LogP contribution < -0.4 is 5.73 Å². The third-order valence-corrected chi connectivity index (χ3v) is 12.8. The Balaban J connectivity index is 4.06. The molecule has 0 saturated carbocycles. The summed E-state index contributed by atoms with van der Waals surface area (Å²) < 4.78 is 33.0. The molecular weight excluding hydrogens is 1000 g/mol. The number of hydrogen-bond acceptors (Lipinski definition) is 8. The van der Waals surface area contributed by atoms with E-state index in [0.717, 1.165) is 141 Å². The molecule has 0 heterocycles. The summed E-state index contributed by atoms with van der Waals surface area (Å²) in [7, 11) is -4.41. The van der Waals surface area contributed by atoms with Gasteiger partial charge in [-0.2, -0.15) is 0 Å². The number of rotatable bonds is 54. The van der Waals surface area contributed by atoms with Crippen molar-refractivity contribution >= 4 is 19.8 Å². The van der Waals surface area contributed by atoms with Gasteiger partial charge in [0.1, 0.15) is 6.61 Å². The molecule has 79 heavy (non-hydrogen) atoms. The molecule has 0 aromatic rings. The van der Waals surface area contributed by atoms with Gasteiger partial charge in [-0.15, -0.1) is 0 Å². The van der Waals surface area contributed by atoms with Crippen LogP contribution in [0.1, 0.15) is 206 Å². The Hall–Kier alpha value is -4.89. The summed E-state index contributed by atoms with van der Waals surface area (Å²) in [6.45, 7) is 3.43. The number of esters is 2. The molecule has 2 atom stereocenters. The van der Waals surface area contributed by atoms with Crippen LogP contribution in [0.25, 0.3) is 0 Å². The molecule has 3 N–H and O–H groups in total. The number of phosphoric acid groups is 1. The topological polar surface area (TPSA) is 134 Å². The summed E-state index contributed by atoms with van der Waals surface area (Å²) in [4.78, 5) is 35.2. The van der Waals surface area contributed by atoms with E-state index in [1.165, 1.54) is 25.7 Å². The van der Waals surface area contributed by atoms with Gasteiger partial charge < -0.3 is 20.1 Å². The molecule has 0 bridgehead atoms. The molecule has 442 valence electrons. The molecule has 0 aliphatic carbocycles. The summed E-state index contributed by atoms with van der Waals surface area (Å²) >= 11 is 0. The van der Waals surface area contributed by atoms with Crippen LogP contribution in [-0.2, 0) is 32.7 Å². The maximum Gasteiger partial charge on any atom is 0.472 e. The van der Waals surface area contributed by atoms with Crippen molar-refractivity contribution < 1.29 is 37.6 Å². The molecule has 0 saturated heterocycles. The summed E-state index contributed by atoms with van der Waals surface area (Å²) in [5.74, 6) is -0.891. The molecule has 0 radical (unpaired) electrons. The predicted octanol–water partition coefficient (Wildman–Crippen LogP) is 19.6. The number of ether oxygens (including phenoxy) is 2. The third kappa shape index (κ3) is 62.2. The Labute approximate surface area is 482 Å². The summed E-state index contributed by atoms with van der Waals surface area (Å²) in [5, 5.41) is 0. The first kappa shape index (κ1) is 74.1. The summed E-state index contributed by atoms with van der Waals surface area (Å²) in [5.41, 5.74) is 5.38. The molecular formula is C69H108NO8P. The minimum Gasteiger partial charge on any atom is -0.462 e. The van der Waals surface area contributed by atoms with E-state index in [2.05, 4.69) is 196 Å². The zero-order chi connectivity index (χ0) is 57.3. The van der Waals surface area contributed by atoms with E-state index in [1.54, 1.807) is 0 Å². The zero-order valence-electron chi connectivity index (χ0n) is 49.3. The predicted molar refractivity (Wildman–Crippen MR) is 339 cm³/mol. The fraction of sp³-hybridized carbons (Fsp3) is 0.536. The normalized spacial score (nSPS) is 14.3. The Morgan fingerprint density at radius 1 is 0.380 bits per heavy atom. The van der Waals surface area contributed by atoms with E-state index < -0.39 is 32.5 Å². The van der Waals surface area contributed by atoms with Gasteiger partial charge in [-0.25, -0.2) is 4.57 Å². The van der Waals surface area contributed by atoms with Crippen LogP contribution in [0.5, 0.6) is 0 Å². The highest BCUT2D eigenvalue weighted by atomic mass is 31.2. The van der Waals surface area contributed by atoms with Crippen molar-refractivity contribution in [3.63, 3.8) is 0 Å². The molecule has 0 amide bonds. The lowest BCUT2D eigenvalue weighted by Gasteiger charge is -2.19. The van der Waals surface area contributed by atoms with Gasteiger partial charge in [-0.1, -0.05) is 241 Å². The second kappa shape index (κ2) is 62.3. The number of allylic oxidation sites excluding steroid dienone is 30. The molecule has 0 aromatic carbocycles. The molecule has 0 spiro atoms. The number of carbonyl (C=O) groups is 2. The molecule has 10 heteroatoms. The quantitative estimate of drug-likeness (QED) is 0.0264. The Morgan fingerprint density at radius 2 is 0.658 bits per heavy atom. The molecule has 2 unspecified atom stereocenters. The maximum absolute atomic E-state index is 12.7. The number of hydrogen-bond donors (Lipinski definition) is 2. The van der Waals surface area contributed by atoms with Crippen LogP contribution in [0.4, 0.5) is 0 Å². The van der Waals surface area contributed by atoms with Crippen molar-refractivity contribution in [1.29, 1.82) is 0 Å². The van der Waals surface area contributed by atoms with E-state index in [4.69, 9.17) is 24.3 Å². The minimum absolute atomic E-state index is 0.0370. The van der Waals surface area contributed by atoms with Crippen molar-refractivity contribution in [2.45, 2.75) is 213 Å². The highest BCUT2D eigenvalue weighted by Crippen LogP contribution is 2.43. The lowest BCUT2D eigenvalue weighted by Crippen LogP contribution is -2.29. The third-order valence-electron chi connectivity index (χ3n) is 11.8. The van der Waals surface area contributed by atoms with Gasteiger partial charge in [-0.3, -0.25) is 18.6 Å². The lowest BCUT2D eigenvalue weighted by molar-refractivity contribution is -0.161. The first-order valence-corrected chi connectivity index (χ1v) is 31.8. The standard InChI is InChI=1S/C69H108NO8P/c1-3-5-7-9-11-13-15-17-19-21-23-24-25-26-27-28-29-30-31-32-33-34-35-36-37-38-39-40-41-42-44-46-48-50-52-54-56-58-60-62-69(72)78-67(66-77-79(73,74)76-64-63-70)65-75-68(71)61-59-57-55-53-51-49-47-45-43-22-20-18-16-14-12-10-8-6-4-2/h5-8,11-14,17-20,23-24,26-27,29-30,32-33,35-36,38-39,41-43,45,49,51,67H,3-4,9-10,15-16,21-22,25,28,31,34,37,40,44,46-48,50,52-66,70H2,1-2H3,(H,73,74)/b7-5-,8-6-,13-11-,14-12-,19-17-,20-18-,24-23-,27-26-,30-29-,33-32-,36-35-,39-38-,42-41-,45-43-,51-49-. The number of phosphoric ester groups is 1. The van der Waals surface area contributed by atoms with E-state index in [9.17, 15) is 19.0 Å². The van der Waals surface area contributed by atoms with Crippen LogP contribution in [0, 0.1) is 0 Å². The van der Waals surface area contributed by atoms with Gasteiger partial charge in [-0.05, 0) is 135 Å². The second-order valence-electron chi connectivity index (χ2n) is 19.1. The molecule has 0 rings (SSSR count). The molecule has 0 fully saturated rings. The van der Waals surface area contributed by atoms with Gasteiger partial charge in [0, 0.05) is 19.4 Å². The van der Waals surface area contributed by atoms with E-state index in [0.29, 0.717) is 12.8 Å². The Kier molecular flexibility index (Phi) is 58.5. The zero-order valence-corrected chi connectivity index (χ0v) is 50.2. The Bertz CT molecular complexity index is 1940. The van der Waals surface area contributed by atoms with Crippen LogP contribution in [0.3, 0.4) is 0 Å². The largest absolute Gasteiger partial charge is 0.472 e. The number of unbranched alkanes of at least 4 members (excludes halogenated alkanes) is 11. The van der Waals surface area contributed by atoms with Crippen LogP contribution in [-0.4, -0.2) is 49.3 Å². The fourth-order valence-electron chi connectivity index (χ4n) is 7.39. The lowest BCUT2D eigenvalue weighted by atomic mass is 10.1. The van der Waals surface area contributed by atoms with Crippen LogP contribution in [0.15, 0.2) is 182 Å². The number of nitrogens with two attached hydrogens (primary N) is 1.